The maximum Gasteiger partial charge on any atom is 0.323 e. The molecule has 8 nitrogen and oxygen atoms in total. The SMILES string of the molecule is O=C(Nc1ccccc1)Nc1cccc(NC(=O)C2CCN(S(=O)(=O)c3ccccc3F)CC2)c1. The molecule has 1 aliphatic heterocycles. The number of halogens is 1. The van der Waals surface area contributed by atoms with Crippen molar-refractivity contribution in [2.45, 2.75) is 17.7 Å². The lowest BCUT2D eigenvalue weighted by Gasteiger charge is -2.30. The number of rotatable bonds is 6. The Morgan fingerprint density at radius 2 is 1.34 bits per heavy atom. The summed E-state index contributed by atoms with van der Waals surface area (Å²) in [5.74, 6) is -1.42. The fraction of sp³-hybridized carbons (Fsp3) is 0.200. The van der Waals surface area contributed by atoms with Crippen molar-refractivity contribution in [1.82, 2.24) is 4.31 Å². The van der Waals surface area contributed by atoms with Gasteiger partial charge in [0.15, 0.2) is 0 Å². The van der Waals surface area contributed by atoms with Gasteiger partial charge in [-0.1, -0.05) is 36.4 Å². The molecule has 3 N–H and O–H groups in total. The normalized spacial score (nSPS) is 14.8. The highest BCUT2D eigenvalue weighted by Crippen LogP contribution is 2.26. The van der Waals surface area contributed by atoms with Gasteiger partial charge in [0.1, 0.15) is 10.7 Å². The van der Waals surface area contributed by atoms with Gasteiger partial charge in [0, 0.05) is 36.1 Å². The third kappa shape index (κ3) is 6.03. The maximum atomic E-state index is 14.0. The second-order valence-electron chi connectivity index (χ2n) is 8.12. The van der Waals surface area contributed by atoms with Crippen molar-refractivity contribution >= 4 is 39.0 Å². The van der Waals surface area contributed by atoms with Gasteiger partial charge in [-0.3, -0.25) is 4.79 Å². The molecule has 1 saturated heterocycles. The van der Waals surface area contributed by atoms with Crippen LogP contribution >= 0.6 is 0 Å². The number of amides is 3. The van der Waals surface area contributed by atoms with Gasteiger partial charge in [-0.2, -0.15) is 4.31 Å². The number of para-hydroxylation sites is 1. The number of carbonyl (C=O) groups excluding carboxylic acids is 2. The fourth-order valence-corrected chi connectivity index (χ4v) is 5.42. The summed E-state index contributed by atoms with van der Waals surface area (Å²) in [7, 11) is -3.96. The first-order valence-electron chi connectivity index (χ1n) is 11.1. The quantitative estimate of drug-likeness (QED) is 0.467. The van der Waals surface area contributed by atoms with Crippen molar-refractivity contribution in [2.75, 3.05) is 29.0 Å². The molecule has 0 aromatic heterocycles. The van der Waals surface area contributed by atoms with Crippen LogP contribution in [0.2, 0.25) is 0 Å². The molecule has 1 heterocycles. The molecule has 4 rings (SSSR count). The molecule has 3 amide bonds. The van der Waals surface area contributed by atoms with Crippen LogP contribution in [0.5, 0.6) is 0 Å². The highest BCUT2D eigenvalue weighted by molar-refractivity contribution is 7.89. The smallest absolute Gasteiger partial charge is 0.323 e. The summed E-state index contributed by atoms with van der Waals surface area (Å²) in [6.45, 7) is 0.242. The molecule has 0 saturated carbocycles. The molecule has 0 unspecified atom stereocenters. The Morgan fingerprint density at radius 3 is 2.03 bits per heavy atom. The Labute approximate surface area is 203 Å². The molecule has 0 aliphatic carbocycles. The zero-order valence-electron chi connectivity index (χ0n) is 18.8. The molecule has 0 atom stereocenters. The number of piperidine rings is 1. The number of carbonyl (C=O) groups is 2. The van der Waals surface area contributed by atoms with Crippen LogP contribution in [0.25, 0.3) is 0 Å². The van der Waals surface area contributed by atoms with Gasteiger partial charge in [0.25, 0.3) is 0 Å². The molecule has 182 valence electrons. The van der Waals surface area contributed by atoms with Crippen molar-refractivity contribution in [2.24, 2.45) is 5.92 Å². The fourth-order valence-electron chi connectivity index (χ4n) is 3.89. The zero-order chi connectivity index (χ0) is 24.8. The van der Waals surface area contributed by atoms with E-state index in [1.165, 1.54) is 22.5 Å². The average molecular weight is 497 g/mol. The highest BCUT2D eigenvalue weighted by Gasteiger charge is 2.33. The number of sulfonamides is 1. The van der Waals surface area contributed by atoms with E-state index in [4.69, 9.17) is 0 Å². The average Bonchev–Trinajstić information content (AvgIpc) is 2.85. The van der Waals surface area contributed by atoms with Gasteiger partial charge in [0.2, 0.25) is 15.9 Å². The van der Waals surface area contributed by atoms with Crippen molar-refractivity contribution in [3.63, 3.8) is 0 Å². The summed E-state index contributed by atoms with van der Waals surface area (Å²) in [5.41, 5.74) is 1.66. The monoisotopic (exact) mass is 496 g/mol. The van der Waals surface area contributed by atoms with Gasteiger partial charge < -0.3 is 16.0 Å². The summed E-state index contributed by atoms with van der Waals surface area (Å²) in [5, 5.41) is 8.27. The first-order valence-corrected chi connectivity index (χ1v) is 12.6. The van der Waals surface area contributed by atoms with Crippen LogP contribution in [-0.2, 0) is 14.8 Å². The molecular weight excluding hydrogens is 471 g/mol. The lowest BCUT2D eigenvalue weighted by Crippen LogP contribution is -2.41. The minimum atomic E-state index is -3.96. The standard InChI is InChI=1S/C25H25FN4O4S/c26-22-11-4-5-12-23(22)35(33,34)30-15-13-18(14-16-30)24(31)27-20-9-6-10-21(17-20)29-25(32)28-19-7-2-1-3-8-19/h1-12,17-18H,13-16H2,(H,27,31)(H2,28,29,32). The van der Waals surface area contributed by atoms with E-state index in [0.717, 1.165) is 6.07 Å². The van der Waals surface area contributed by atoms with Gasteiger partial charge in [-0.25, -0.2) is 17.6 Å². The Hall–Kier alpha value is -3.76. The van der Waals surface area contributed by atoms with Crippen molar-refractivity contribution in [3.8, 4) is 0 Å². The molecule has 3 aromatic rings. The van der Waals surface area contributed by atoms with E-state index in [1.54, 1.807) is 36.4 Å². The summed E-state index contributed by atoms with van der Waals surface area (Å²) >= 11 is 0. The number of nitrogens with one attached hydrogen (secondary N) is 3. The molecule has 0 bridgehead atoms. The molecule has 0 radical (unpaired) electrons. The van der Waals surface area contributed by atoms with Gasteiger partial charge in [-0.15, -0.1) is 0 Å². The second-order valence-corrected chi connectivity index (χ2v) is 10.0. The van der Waals surface area contributed by atoms with Crippen LogP contribution in [-0.4, -0.2) is 37.8 Å². The third-order valence-electron chi connectivity index (χ3n) is 5.70. The predicted molar refractivity (Wildman–Crippen MR) is 132 cm³/mol. The van der Waals surface area contributed by atoms with E-state index in [-0.39, 0.29) is 29.8 Å². The van der Waals surface area contributed by atoms with Crippen LogP contribution in [0.15, 0.2) is 83.8 Å². The van der Waals surface area contributed by atoms with E-state index in [1.807, 2.05) is 18.2 Å². The van der Waals surface area contributed by atoms with E-state index in [9.17, 15) is 22.4 Å². The van der Waals surface area contributed by atoms with E-state index in [0.29, 0.717) is 29.9 Å². The summed E-state index contributed by atoms with van der Waals surface area (Å²) in [6, 6.07) is 20.6. The van der Waals surface area contributed by atoms with Crippen LogP contribution in [0.3, 0.4) is 0 Å². The van der Waals surface area contributed by atoms with E-state index < -0.39 is 21.9 Å². The largest absolute Gasteiger partial charge is 0.326 e. The molecule has 0 spiro atoms. The first-order chi connectivity index (χ1) is 16.8. The number of nitrogens with zero attached hydrogens (tertiary/aromatic N) is 1. The van der Waals surface area contributed by atoms with Crippen molar-refractivity contribution < 1.29 is 22.4 Å². The van der Waals surface area contributed by atoms with Crippen LogP contribution in [0.4, 0.5) is 26.2 Å². The molecular formula is C25H25FN4O4S. The number of anilines is 3. The lowest BCUT2D eigenvalue weighted by atomic mass is 9.97. The minimum absolute atomic E-state index is 0.121. The van der Waals surface area contributed by atoms with Gasteiger partial charge >= 0.3 is 6.03 Å². The van der Waals surface area contributed by atoms with E-state index >= 15 is 0 Å². The molecule has 3 aromatic carbocycles. The van der Waals surface area contributed by atoms with E-state index in [2.05, 4.69) is 16.0 Å². The van der Waals surface area contributed by atoms with Crippen LogP contribution in [0.1, 0.15) is 12.8 Å². The molecule has 1 fully saturated rings. The Morgan fingerprint density at radius 1 is 0.771 bits per heavy atom. The second kappa shape index (κ2) is 10.7. The Bertz CT molecular complexity index is 1310. The zero-order valence-corrected chi connectivity index (χ0v) is 19.6. The lowest BCUT2D eigenvalue weighted by molar-refractivity contribution is -0.120. The predicted octanol–water partition coefficient (Wildman–Crippen LogP) is 4.51. The van der Waals surface area contributed by atoms with Gasteiger partial charge in [0.05, 0.1) is 0 Å². The Balaban J connectivity index is 1.32. The molecule has 35 heavy (non-hydrogen) atoms. The number of hydrogen-bond acceptors (Lipinski definition) is 4. The third-order valence-corrected chi connectivity index (χ3v) is 7.63. The first kappa shape index (κ1) is 24.4. The van der Waals surface area contributed by atoms with Crippen LogP contribution < -0.4 is 16.0 Å². The number of hydrogen-bond donors (Lipinski definition) is 3. The summed E-state index contributed by atoms with van der Waals surface area (Å²) < 4.78 is 40.7. The van der Waals surface area contributed by atoms with Gasteiger partial charge in [-0.05, 0) is 55.3 Å². The molecule has 1 aliphatic rings. The maximum absolute atomic E-state index is 14.0. The minimum Gasteiger partial charge on any atom is -0.326 e. The van der Waals surface area contributed by atoms with Crippen molar-refractivity contribution in [3.05, 3.63) is 84.7 Å². The van der Waals surface area contributed by atoms with Crippen molar-refractivity contribution in [1.29, 1.82) is 0 Å². The summed E-state index contributed by atoms with van der Waals surface area (Å²) in [4.78, 5) is 24.6. The Kier molecular flexibility index (Phi) is 7.42. The van der Waals surface area contributed by atoms with Crippen LogP contribution in [0, 0.1) is 11.7 Å². The number of urea groups is 1. The summed E-state index contributed by atoms with van der Waals surface area (Å²) in [6.07, 6.45) is 0.633. The highest BCUT2D eigenvalue weighted by atomic mass is 32.2. The number of benzene rings is 3. The topological polar surface area (TPSA) is 108 Å². The molecule has 10 heteroatoms.